The molecule has 2 nitrogen and oxygen atoms in total. The lowest BCUT2D eigenvalue weighted by Gasteiger charge is -2.20. The number of alkyl halides is 1. The highest BCUT2D eigenvalue weighted by atomic mass is 79.9. The van der Waals surface area contributed by atoms with Gasteiger partial charge in [0.1, 0.15) is 0 Å². The molecule has 0 aliphatic carbocycles. The van der Waals surface area contributed by atoms with E-state index in [0.29, 0.717) is 0 Å². The summed E-state index contributed by atoms with van der Waals surface area (Å²) >= 11 is 8.90. The van der Waals surface area contributed by atoms with E-state index in [9.17, 15) is 0 Å². The molecule has 17 heavy (non-hydrogen) atoms. The van der Waals surface area contributed by atoms with Crippen LogP contribution in [0.3, 0.4) is 0 Å². The summed E-state index contributed by atoms with van der Waals surface area (Å²) in [5, 5.41) is 3.26. The molecule has 0 N–H and O–H groups in total. The summed E-state index contributed by atoms with van der Waals surface area (Å²) in [4.78, 5) is 6.59. The summed E-state index contributed by atoms with van der Waals surface area (Å²) in [5.74, 6) is 0. The lowest BCUT2D eigenvalue weighted by molar-refractivity contribution is 0.260. The van der Waals surface area contributed by atoms with Crippen LogP contribution in [0.5, 0.6) is 0 Å². The number of thiophene rings is 1. The van der Waals surface area contributed by atoms with Crippen molar-refractivity contribution in [3.8, 4) is 0 Å². The van der Waals surface area contributed by atoms with E-state index in [1.165, 1.54) is 48.5 Å². The monoisotopic (exact) mass is 380 g/mol. The summed E-state index contributed by atoms with van der Waals surface area (Å²) in [7, 11) is 0. The number of rotatable bonds is 4. The molecule has 0 radical (unpaired) electrons. The third kappa shape index (κ3) is 4.63. The first-order valence-electron chi connectivity index (χ1n) is 6.01. The van der Waals surface area contributed by atoms with Gasteiger partial charge in [-0.1, -0.05) is 15.9 Å². The Morgan fingerprint density at radius 1 is 1.18 bits per heavy atom. The molecule has 2 heterocycles. The van der Waals surface area contributed by atoms with E-state index in [-0.39, 0.29) is 0 Å². The minimum atomic E-state index is 1.09. The fourth-order valence-electron chi connectivity index (χ4n) is 2.18. The second kappa shape index (κ2) is 7.24. The molecule has 1 aromatic heterocycles. The standard InChI is InChI=1S/C12H18Br2N2S/c13-2-5-15-3-1-4-16(7-6-15)9-12-8-11(14)10-17-12/h8,10H,1-7,9H2. The molecule has 0 unspecified atom stereocenters. The second-order valence-electron chi connectivity index (χ2n) is 4.39. The van der Waals surface area contributed by atoms with Crippen molar-refractivity contribution >= 4 is 43.2 Å². The summed E-state index contributed by atoms with van der Waals surface area (Å²) in [6.07, 6.45) is 1.29. The zero-order valence-corrected chi connectivity index (χ0v) is 13.9. The smallest absolute Gasteiger partial charge is 0.0328 e. The Bertz CT molecular complexity index is 343. The Kier molecular flexibility index (Phi) is 5.96. The van der Waals surface area contributed by atoms with E-state index in [2.05, 4.69) is 53.1 Å². The lowest BCUT2D eigenvalue weighted by atomic mass is 10.3. The summed E-state index contributed by atoms with van der Waals surface area (Å²) in [6.45, 7) is 7.17. The van der Waals surface area contributed by atoms with Crippen molar-refractivity contribution in [2.45, 2.75) is 13.0 Å². The fourth-order valence-corrected chi connectivity index (χ4v) is 4.18. The van der Waals surface area contributed by atoms with Gasteiger partial charge >= 0.3 is 0 Å². The van der Waals surface area contributed by atoms with E-state index < -0.39 is 0 Å². The van der Waals surface area contributed by atoms with E-state index >= 15 is 0 Å². The summed E-state index contributed by atoms with van der Waals surface area (Å²) in [6, 6.07) is 2.24. The fraction of sp³-hybridized carbons (Fsp3) is 0.667. The van der Waals surface area contributed by atoms with Crippen LogP contribution in [0.25, 0.3) is 0 Å². The molecule has 0 aromatic carbocycles. The first kappa shape index (κ1) is 14.0. The van der Waals surface area contributed by atoms with Crippen molar-refractivity contribution in [2.24, 2.45) is 0 Å². The number of hydrogen-bond donors (Lipinski definition) is 0. The van der Waals surface area contributed by atoms with Gasteiger partial charge in [-0.3, -0.25) is 4.90 Å². The number of nitrogens with zero attached hydrogens (tertiary/aromatic N) is 2. The van der Waals surface area contributed by atoms with E-state index in [1.54, 1.807) is 0 Å². The van der Waals surface area contributed by atoms with E-state index in [0.717, 1.165) is 11.9 Å². The summed E-state index contributed by atoms with van der Waals surface area (Å²) in [5.41, 5.74) is 0. The Hall–Kier alpha value is 0.580. The molecule has 0 bridgehead atoms. The highest BCUT2D eigenvalue weighted by Gasteiger charge is 2.14. The van der Waals surface area contributed by atoms with Crippen LogP contribution in [0.4, 0.5) is 0 Å². The van der Waals surface area contributed by atoms with Crippen LogP contribution in [-0.4, -0.2) is 47.9 Å². The Labute approximate surface area is 124 Å². The number of halogens is 2. The minimum absolute atomic E-state index is 1.09. The molecule has 1 aromatic rings. The minimum Gasteiger partial charge on any atom is -0.301 e. The first-order valence-corrected chi connectivity index (χ1v) is 8.81. The van der Waals surface area contributed by atoms with Crippen molar-refractivity contribution in [1.29, 1.82) is 0 Å². The van der Waals surface area contributed by atoms with Crippen LogP contribution in [0.2, 0.25) is 0 Å². The molecular weight excluding hydrogens is 364 g/mol. The molecule has 1 fully saturated rings. The molecule has 0 amide bonds. The van der Waals surface area contributed by atoms with Gasteiger partial charge in [0.25, 0.3) is 0 Å². The van der Waals surface area contributed by atoms with Crippen LogP contribution in [0, 0.1) is 0 Å². The molecule has 0 spiro atoms. The van der Waals surface area contributed by atoms with Gasteiger partial charge in [0.15, 0.2) is 0 Å². The van der Waals surface area contributed by atoms with Gasteiger partial charge < -0.3 is 4.90 Å². The molecule has 1 saturated heterocycles. The maximum Gasteiger partial charge on any atom is 0.0328 e. The van der Waals surface area contributed by atoms with Crippen molar-refractivity contribution in [1.82, 2.24) is 9.80 Å². The molecule has 0 saturated carbocycles. The highest BCUT2D eigenvalue weighted by molar-refractivity contribution is 9.10. The summed E-state index contributed by atoms with van der Waals surface area (Å²) < 4.78 is 1.22. The molecule has 1 aliphatic rings. The van der Waals surface area contributed by atoms with E-state index in [4.69, 9.17) is 0 Å². The largest absolute Gasteiger partial charge is 0.301 e. The molecule has 5 heteroatoms. The Balaban J connectivity index is 1.82. The third-order valence-electron chi connectivity index (χ3n) is 3.08. The van der Waals surface area contributed by atoms with Gasteiger partial charge in [-0.15, -0.1) is 11.3 Å². The first-order chi connectivity index (χ1) is 8.28. The zero-order valence-electron chi connectivity index (χ0n) is 9.87. The van der Waals surface area contributed by atoms with Gasteiger partial charge in [-0.2, -0.15) is 0 Å². The lowest BCUT2D eigenvalue weighted by Crippen LogP contribution is -2.31. The van der Waals surface area contributed by atoms with Gasteiger partial charge in [-0.05, 0) is 41.5 Å². The maximum atomic E-state index is 3.52. The molecule has 1 aliphatic heterocycles. The van der Waals surface area contributed by atoms with Crippen LogP contribution in [0.15, 0.2) is 15.9 Å². The van der Waals surface area contributed by atoms with Gasteiger partial charge in [0.2, 0.25) is 0 Å². The van der Waals surface area contributed by atoms with Gasteiger partial charge in [0, 0.05) is 46.2 Å². The normalized spacial score (nSPS) is 19.4. The predicted octanol–water partition coefficient (Wildman–Crippen LogP) is 3.41. The zero-order chi connectivity index (χ0) is 12.1. The Morgan fingerprint density at radius 3 is 2.65 bits per heavy atom. The van der Waals surface area contributed by atoms with Crippen molar-refractivity contribution in [2.75, 3.05) is 38.1 Å². The molecular formula is C12H18Br2N2S. The van der Waals surface area contributed by atoms with Crippen molar-refractivity contribution < 1.29 is 0 Å². The number of hydrogen-bond acceptors (Lipinski definition) is 3. The van der Waals surface area contributed by atoms with Crippen molar-refractivity contribution in [3.63, 3.8) is 0 Å². The highest BCUT2D eigenvalue weighted by Crippen LogP contribution is 2.21. The van der Waals surface area contributed by atoms with Crippen LogP contribution < -0.4 is 0 Å². The van der Waals surface area contributed by atoms with Crippen LogP contribution >= 0.6 is 43.2 Å². The van der Waals surface area contributed by atoms with Gasteiger partial charge in [-0.25, -0.2) is 0 Å². The van der Waals surface area contributed by atoms with Crippen LogP contribution in [0.1, 0.15) is 11.3 Å². The Morgan fingerprint density at radius 2 is 1.94 bits per heavy atom. The van der Waals surface area contributed by atoms with E-state index in [1.807, 2.05) is 11.3 Å². The molecule has 96 valence electrons. The molecule has 0 atom stereocenters. The average molecular weight is 382 g/mol. The quantitative estimate of drug-likeness (QED) is 0.737. The van der Waals surface area contributed by atoms with Crippen molar-refractivity contribution in [3.05, 3.63) is 20.8 Å². The topological polar surface area (TPSA) is 6.48 Å². The maximum absolute atomic E-state index is 3.52. The molecule has 2 rings (SSSR count). The third-order valence-corrected chi connectivity index (χ3v) is 5.12. The van der Waals surface area contributed by atoms with Crippen LogP contribution in [-0.2, 0) is 6.54 Å². The average Bonchev–Trinajstić information content (AvgIpc) is 2.58. The van der Waals surface area contributed by atoms with Gasteiger partial charge in [0.05, 0.1) is 0 Å². The second-order valence-corrected chi connectivity index (χ2v) is 7.10. The SMILES string of the molecule is BrCCN1CCCN(Cc2cc(Br)cs2)CC1. The predicted molar refractivity (Wildman–Crippen MR) is 82.1 cm³/mol.